The molecule has 0 bridgehead atoms. The number of amides is 1. The normalized spacial score (nSPS) is 11.5. The number of hydrogen-bond donors (Lipinski definition) is 1. The van der Waals surface area contributed by atoms with E-state index in [0.717, 1.165) is 18.1 Å². The van der Waals surface area contributed by atoms with Crippen LogP contribution in [0.3, 0.4) is 0 Å². The number of esters is 1. The minimum atomic E-state index is -0.746. The van der Waals surface area contributed by atoms with Crippen molar-refractivity contribution in [3.63, 3.8) is 0 Å². The lowest BCUT2D eigenvalue weighted by Crippen LogP contribution is -2.31. The number of ether oxygens (including phenoxy) is 1. The summed E-state index contributed by atoms with van der Waals surface area (Å²) in [5, 5.41) is 2.32. The number of nitrogens with one attached hydrogen (secondary N) is 1. The fourth-order valence-corrected chi connectivity index (χ4v) is 2.40. The van der Waals surface area contributed by atoms with Gasteiger partial charge in [0.2, 0.25) is 0 Å². The number of Topliss-reactive ketones (excluding diaryl/α,β-unsaturated/α-hetero) is 1. The highest BCUT2D eigenvalue weighted by atomic mass is 19.1. The number of carbonyl (C=O) groups is 3. The van der Waals surface area contributed by atoms with Gasteiger partial charge in [-0.3, -0.25) is 14.4 Å². The Bertz CT molecular complexity index is 817. The van der Waals surface area contributed by atoms with E-state index < -0.39 is 30.8 Å². The van der Waals surface area contributed by atoms with Crippen LogP contribution in [0, 0.1) is 5.82 Å². The molecule has 2 rings (SSSR count). The smallest absolute Gasteiger partial charge is 0.325 e. The Morgan fingerprint density at radius 3 is 2.41 bits per heavy atom. The maximum Gasteiger partial charge on any atom is 0.325 e. The van der Waals surface area contributed by atoms with Crippen molar-refractivity contribution in [1.82, 2.24) is 5.32 Å². The van der Waals surface area contributed by atoms with E-state index in [9.17, 15) is 18.8 Å². The summed E-state index contributed by atoms with van der Waals surface area (Å²) in [6.07, 6.45) is 1.01. The van der Waals surface area contributed by atoms with E-state index in [-0.39, 0.29) is 11.3 Å². The summed E-state index contributed by atoms with van der Waals surface area (Å²) in [7, 11) is 0. The van der Waals surface area contributed by atoms with Crippen molar-refractivity contribution in [1.29, 1.82) is 0 Å². The number of halogens is 1. The molecule has 1 amide bonds. The minimum Gasteiger partial charge on any atom is -0.456 e. The predicted octanol–water partition coefficient (Wildman–Crippen LogP) is 3.50. The van der Waals surface area contributed by atoms with Crippen molar-refractivity contribution in [3.8, 4) is 0 Å². The molecule has 142 valence electrons. The molecule has 0 aliphatic carbocycles. The van der Waals surface area contributed by atoms with Crippen LogP contribution in [-0.2, 0) is 9.53 Å². The highest BCUT2D eigenvalue weighted by Crippen LogP contribution is 2.18. The average Bonchev–Trinajstić information content (AvgIpc) is 2.69. The van der Waals surface area contributed by atoms with Gasteiger partial charge in [0, 0.05) is 11.1 Å². The van der Waals surface area contributed by atoms with Gasteiger partial charge in [-0.15, -0.1) is 0 Å². The van der Waals surface area contributed by atoms with Crippen LogP contribution in [0.15, 0.2) is 48.5 Å². The Kier molecular flexibility index (Phi) is 7.23. The Morgan fingerprint density at radius 2 is 1.78 bits per heavy atom. The number of carbonyl (C=O) groups excluding carboxylic acids is 3. The molecule has 0 heterocycles. The van der Waals surface area contributed by atoms with Crippen molar-refractivity contribution in [2.75, 3.05) is 13.2 Å². The fraction of sp³-hybridized carbons (Fsp3) is 0.286. The van der Waals surface area contributed by atoms with E-state index in [1.165, 1.54) is 18.2 Å². The number of ketones is 1. The van der Waals surface area contributed by atoms with E-state index in [0.29, 0.717) is 11.5 Å². The Labute approximate surface area is 157 Å². The molecule has 0 radical (unpaired) electrons. The van der Waals surface area contributed by atoms with Crippen molar-refractivity contribution in [2.45, 2.75) is 26.2 Å². The zero-order valence-corrected chi connectivity index (χ0v) is 15.3. The largest absolute Gasteiger partial charge is 0.456 e. The van der Waals surface area contributed by atoms with Gasteiger partial charge in [-0.2, -0.15) is 0 Å². The van der Waals surface area contributed by atoms with E-state index in [1.54, 1.807) is 12.1 Å². The van der Waals surface area contributed by atoms with Gasteiger partial charge in [0.15, 0.2) is 12.4 Å². The van der Waals surface area contributed by atoms with E-state index in [2.05, 4.69) is 19.2 Å². The van der Waals surface area contributed by atoms with Gasteiger partial charge >= 0.3 is 5.97 Å². The third-order valence-corrected chi connectivity index (χ3v) is 4.26. The van der Waals surface area contributed by atoms with E-state index in [1.807, 2.05) is 12.1 Å². The van der Waals surface area contributed by atoms with Crippen molar-refractivity contribution >= 4 is 17.7 Å². The van der Waals surface area contributed by atoms with Crippen LogP contribution in [0.2, 0.25) is 0 Å². The first-order chi connectivity index (χ1) is 12.9. The third-order valence-electron chi connectivity index (χ3n) is 4.26. The van der Waals surface area contributed by atoms with Gasteiger partial charge in [0.25, 0.3) is 5.91 Å². The molecule has 2 aromatic rings. The molecule has 2 aromatic carbocycles. The maximum atomic E-state index is 13.1. The standard InChI is InChI=1S/C21H22FNO4/c1-3-14(2)15-7-9-16(10-8-15)19(24)13-27-20(25)12-23-21(26)17-5-4-6-18(22)11-17/h4-11,14H,3,12-13H2,1-2H3,(H,23,26)/t14-/m1/s1. The predicted molar refractivity (Wildman–Crippen MR) is 99.2 cm³/mol. The van der Waals surface area contributed by atoms with Crippen LogP contribution < -0.4 is 5.32 Å². The van der Waals surface area contributed by atoms with Crippen molar-refractivity contribution in [3.05, 3.63) is 71.0 Å². The molecule has 0 saturated carbocycles. The Balaban J connectivity index is 1.79. The zero-order valence-electron chi connectivity index (χ0n) is 15.3. The molecule has 1 N–H and O–H groups in total. The number of hydrogen-bond acceptors (Lipinski definition) is 4. The maximum absolute atomic E-state index is 13.1. The van der Waals surface area contributed by atoms with Crippen LogP contribution in [-0.4, -0.2) is 30.8 Å². The molecule has 0 aliphatic heterocycles. The molecule has 6 heteroatoms. The monoisotopic (exact) mass is 371 g/mol. The minimum absolute atomic E-state index is 0.0975. The molecule has 0 fully saturated rings. The quantitative estimate of drug-likeness (QED) is 0.569. The first-order valence-electron chi connectivity index (χ1n) is 8.73. The number of benzene rings is 2. The van der Waals surface area contributed by atoms with Gasteiger partial charge < -0.3 is 10.1 Å². The van der Waals surface area contributed by atoms with Gasteiger partial charge in [-0.25, -0.2) is 4.39 Å². The van der Waals surface area contributed by atoms with Crippen LogP contribution in [0.25, 0.3) is 0 Å². The van der Waals surface area contributed by atoms with E-state index >= 15 is 0 Å². The van der Waals surface area contributed by atoms with Crippen molar-refractivity contribution in [2.24, 2.45) is 0 Å². The Hall–Kier alpha value is -3.02. The molecular formula is C21H22FNO4. The molecular weight excluding hydrogens is 349 g/mol. The topological polar surface area (TPSA) is 72.5 Å². The van der Waals surface area contributed by atoms with E-state index in [4.69, 9.17) is 4.74 Å². The first-order valence-corrected chi connectivity index (χ1v) is 8.73. The molecule has 0 aliphatic rings. The average molecular weight is 371 g/mol. The first kappa shape index (κ1) is 20.3. The third kappa shape index (κ3) is 6.02. The SMILES string of the molecule is CC[C@@H](C)c1ccc(C(=O)COC(=O)CNC(=O)c2cccc(F)c2)cc1. The van der Waals surface area contributed by atoms with Crippen LogP contribution in [0.4, 0.5) is 4.39 Å². The van der Waals surface area contributed by atoms with Gasteiger partial charge in [-0.05, 0) is 36.1 Å². The molecule has 0 unspecified atom stereocenters. The second-order valence-corrected chi connectivity index (χ2v) is 6.21. The lowest BCUT2D eigenvalue weighted by molar-refractivity contribution is -0.141. The summed E-state index contributed by atoms with van der Waals surface area (Å²) >= 11 is 0. The highest BCUT2D eigenvalue weighted by Gasteiger charge is 2.13. The molecule has 0 spiro atoms. The van der Waals surface area contributed by atoms with Gasteiger partial charge in [0.1, 0.15) is 12.4 Å². The summed E-state index contributed by atoms with van der Waals surface area (Å²) in [5.74, 6) is -1.80. The molecule has 27 heavy (non-hydrogen) atoms. The van der Waals surface area contributed by atoms with Crippen LogP contribution >= 0.6 is 0 Å². The Morgan fingerprint density at radius 1 is 1.07 bits per heavy atom. The van der Waals surface area contributed by atoms with Crippen molar-refractivity contribution < 1.29 is 23.5 Å². The fourth-order valence-electron chi connectivity index (χ4n) is 2.40. The second kappa shape index (κ2) is 9.62. The molecule has 0 aromatic heterocycles. The van der Waals surface area contributed by atoms with Gasteiger partial charge in [0.05, 0.1) is 0 Å². The molecule has 0 saturated heterocycles. The summed E-state index contributed by atoms with van der Waals surface area (Å²) in [4.78, 5) is 35.6. The second-order valence-electron chi connectivity index (χ2n) is 6.21. The lowest BCUT2D eigenvalue weighted by Gasteiger charge is -2.10. The summed E-state index contributed by atoms with van der Waals surface area (Å²) in [6.45, 7) is 3.39. The van der Waals surface area contributed by atoms with Crippen LogP contribution in [0.5, 0.6) is 0 Å². The van der Waals surface area contributed by atoms with Crippen LogP contribution in [0.1, 0.15) is 52.5 Å². The summed E-state index contributed by atoms with van der Waals surface area (Å²) < 4.78 is 18.0. The molecule has 5 nitrogen and oxygen atoms in total. The summed E-state index contributed by atoms with van der Waals surface area (Å²) in [6, 6.07) is 12.3. The molecule has 1 atom stereocenters. The summed E-state index contributed by atoms with van der Waals surface area (Å²) in [5.41, 5.74) is 1.70. The lowest BCUT2D eigenvalue weighted by atomic mass is 9.97. The highest BCUT2D eigenvalue weighted by molar-refractivity contribution is 5.98. The van der Waals surface area contributed by atoms with Gasteiger partial charge in [-0.1, -0.05) is 44.2 Å². The number of rotatable bonds is 8. The zero-order chi connectivity index (χ0) is 19.8.